The van der Waals surface area contributed by atoms with Gasteiger partial charge < -0.3 is 86.2 Å². The molecule has 2 aliphatic heterocycles. The van der Waals surface area contributed by atoms with E-state index < -0.39 is 198 Å². The van der Waals surface area contributed by atoms with Crippen molar-refractivity contribution in [2.45, 2.75) is 279 Å². The Balaban J connectivity index is 1.97. The highest BCUT2D eigenvalue weighted by molar-refractivity contribution is 6.01. The highest BCUT2D eigenvalue weighted by atomic mass is 16.3. The average Bonchev–Trinajstić information content (AvgIpc) is 0.813. The Morgan fingerprint density at radius 2 is 0.748 bits per heavy atom. The maximum Gasteiger partial charge on any atom is 0.248 e. The van der Waals surface area contributed by atoms with Crippen LogP contribution >= 0.6 is 0 Å². The number of aliphatic hydroxyl groups excluding tert-OH is 2. The summed E-state index contributed by atoms with van der Waals surface area (Å²) in [4.78, 5) is 236. The summed E-state index contributed by atoms with van der Waals surface area (Å²) in [6.07, 6.45) is -0.0144. The second-order valence-electron chi connectivity index (χ2n) is 34.9. The summed E-state index contributed by atoms with van der Waals surface area (Å²) < 4.78 is 0. The lowest BCUT2D eigenvalue weighted by molar-refractivity contribution is -0.153. The van der Waals surface area contributed by atoms with Gasteiger partial charge in [0.25, 0.3) is 0 Å². The van der Waals surface area contributed by atoms with Gasteiger partial charge in [-0.15, -0.1) is 0 Å². The van der Waals surface area contributed by atoms with E-state index >= 15 is 43.2 Å². The van der Waals surface area contributed by atoms with Gasteiger partial charge in [-0.3, -0.25) is 71.9 Å². The topological polar surface area (TPSA) is 398 Å². The number of aliphatic hydroxyl groups is 2. The van der Waals surface area contributed by atoms with Crippen LogP contribution in [0.15, 0.2) is 60.7 Å². The lowest BCUT2D eigenvalue weighted by atomic mass is 9.94. The first kappa shape index (κ1) is 102. The van der Waals surface area contributed by atoms with E-state index in [1.807, 2.05) is 48.5 Å². The Hall–Kier alpha value is -9.59. The Labute approximate surface area is 705 Å². The predicted molar refractivity (Wildman–Crippen MR) is 452 cm³/mol. The van der Waals surface area contributed by atoms with Gasteiger partial charge in [-0.2, -0.15) is 0 Å². The molecule has 0 saturated carbocycles. The SMILES string of the molecule is CC[C@H](C)[C@@H]1NC(=O)[C@H](CC(C)C)N(C)C(=O)[C@H](C)N(C)C(=O)[C@H](Cc2ccccc2)N(C)C(=O)[C@H](C)N(C)C(=O)C[C@@H](C(=O)N2CCCCC2)NC(=O)[C@H](CC(C)C)N(C)C(=O)[C@H]([C@@H](C)O)NC(=O)[C@H](CO)NC(=O)[C@H](CC(C)C)NC(=O)[C@H](C)N(C)C(=O)[C@H](CC(C)C)N(C)C(=O)[C@H](Cc2ccccc2)NC(=O)[C@H](CC(C)C)N(C)C1=O. The molecular formula is C87H141N15O17. The molecule has 2 aliphatic rings. The summed E-state index contributed by atoms with van der Waals surface area (Å²) in [7, 11) is 11.0. The first-order chi connectivity index (χ1) is 55.6. The maximum absolute atomic E-state index is 15.4. The average molecular weight is 1670 g/mol. The number of nitrogens with one attached hydrogen (secondary N) is 6. The number of benzene rings is 2. The molecule has 2 fully saturated rings. The van der Waals surface area contributed by atoms with E-state index in [-0.39, 0.29) is 74.5 Å². The van der Waals surface area contributed by atoms with Gasteiger partial charge in [0.2, 0.25) is 88.6 Å². The van der Waals surface area contributed by atoms with Gasteiger partial charge >= 0.3 is 0 Å². The van der Waals surface area contributed by atoms with Crippen molar-refractivity contribution in [3.8, 4) is 0 Å². The summed E-state index contributed by atoms with van der Waals surface area (Å²) in [5.74, 6) is -13.8. The standard InChI is InChI=1S/C87H141N15O17/c1-25-55(12)72-86(118)98(21)66(42-51(4)5)77(109)89-63(46-60-35-29-26-30-36-60)82(114)101(24)69(45-54(10)11)84(116)95(18)56(13)74(106)88-62(41-50(2)3)75(107)91-65(49-103)76(108)93-73(59(16)104)87(119)99(22)67(43-52(6)7)78(110)90-64(83(115)102-39-33-28-34-40-102)48-71(105)94(17)57(14)80(112)100(23)70(47-61-37-31-27-32-38-61)85(117)96(19)58(15)81(113)97(20)68(44-53(8)9)79(111)92-72/h26-27,29-32,35-38,50-59,62-70,72-73,103-104H,25,28,33-34,39-49H2,1-24H3,(H,88,106)(H,89,109)(H,90,110)(H,91,107)(H,92,111)(H,93,108)/t55-,56-,57-,58-,59+,62-,63-,64-,65-,66-,67-,68-,69-,70-,72-,73-/m0/s1. The molecule has 666 valence electrons. The van der Waals surface area contributed by atoms with Gasteiger partial charge in [0.1, 0.15) is 84.6 Å². The molecule has 2 aromatic carbocycles. The molecule has 15 amide bonds. The van der Waals surface area contributed by atoms with Gasteiger partial charge in [0.15, 0.2) is 0 Å². The van der Waals surface area contributed by atoms with Crippen molar-refractivity contribution in [2.75, 3.05) is 76.1 Å². The zero-order valence-corrected chi connectivity index (χ0v) is 75.0. The monoisotopic (exact) mass is 1670 g/mol. The Morgan fingerprint density at radius 3 is 1.21 bits per heavy atom. The number of carbonyl (C=O) groups is 15. The molecular weight excluding hydrogens is 1530 g/mol. The van der Waals surface area contributed by atoms with Crippen molar-refractivity contribution in [3.63, 3.8) is 0 Å². The van der Waals surface area contributed by atoms with Gasteiger partial charge in [0.05, 0.1) is 19.1 Å². The van der Waals surface area contributed by atoms with Crippen molar-refractivity contribution in [2.24, 2.45) is 35.5 Å². The fourth-order valence-electron chi connectivity index (χ4n) is 14.9. The number of piperidine rings is 1. The van der Waals surface area contributed by atoms with Crippen LogP contribution in [0.4, 0.5) is 0 Å². The number of likely N-dealkylation sites (tertiary alicyclic amines) is 1. The molecule has 0 bridgehead atoms. The van der Waals surface area contributed by atoms with E-state index in [1.54, 1.807) is 95.3 Å². The molecule has 119 heavy (non-hydrogen) atoms. The minimum Gasteiger partial charge on any atom is -0.394 e. The summed E-state index contributed by atoms with van der Waals surface area (Å²) in [6.45, 7) is 26.8. The number of hydrogen-bond donors (Lipinski definition) is 8. The first-order valence-corrected chi connectivity index (χ1v) is 42.2. The normalized spacial score (nSPS) is 26.7. The van der Waals surface area contributed by atoms with Crippen molar-refractivity contribution in [1.29, 1.82) is 0 Å². The zero-order chi connectivity index (χ0) is 90.1. The third-order valence-electron chi connectivity index (χ3n) is 23.1. The number of rotatable bonds is 19. The molecule has 0 spiro atoms. The van der Waals surface area contributed by atoms with Gasteiger partial charge in [-0.1, -0.05) is 150 Å². The van der Waals surface area contributed by atoms with Crippen molar-refractivity contribution >= 4 is 88.6 Å². The van der Waals surface area contributed by atoms with Crippen molar-refractivity contribution in [1.82, 2.24) is 76.0 Å². The first-order valence-electron chi connectivity index (χ1n) is 42.2. The molecule has 2 aromatic rings. The van der Waals surface area contributed by atoms with Crippen LogP contribution in [0, 0.1) is 35.5 Å². The molecule has 0 aromatic heterocycles. The predicted octanol–water partition coefficient (Wildman–Crippen LogP) is 3.12. The highest BCUT2D eigenvalue weighted by Crippen LogP contribution is 2.25. The molecule has 2 heterocycles. The number of likely N-dealkylation sites (N-methyl/N-ethyl adjacent to an activating group) is 8. The molecule has 0 unspecified atom stereocenters. The van der Waals surface area contributed by atoms with Crippen molar-refractivity contribution < 1.29 is 82.1 Å². The van der Waals surface area contributed by atoms with Gasteiger partial charge in [-0.25, -0.2) is 0 Å². The largest absolute Gasteiger partial charge is 0.394 e. The van der Waals surface area contributed by atoms with E-state index in [9.17, 15) is 39.0 Å². The van der Waals surface area contributed by atoms with Crippen molar-refractivity contribution in [3.05, 3.63) is 71.8 Å². The number of nitrogens with zero attached hydrogens (tertiary/aromatic N) is 9. The molecule has 8 N–H and O–H groups in total. The van der Waals surface area contributed by atoms with Crippen LogP contribution in [0.25, 0.3) is 0 Å². The second-order valence-corrected chi connectivity index (χ2v) is 34.9. The van der Waals surface area contributed by atoms with E-state index in [1.165, 1.54) is 113 Å². The summed E-state index contributed by atoms with van der Waals surface area (Å²) in [5.41, 5.74) is 1.25. The Morgan fingerprint density at radius 1 is 0.378 bits per heavy atom. The van der Waals surface area contributed by atoms with E-state index in [4.69, 9.17) is 0 Å². The minimum atomic E-state index is -1.85. The zero-order valence-electron chi connectivity index (χ0n) is 75.0. The van der Waals surface area contributed by atoms with Crippen LogP contribution in [0.3, 0.4) is 0 Å². The van der Waals surface area contributed by atoms with Crippen LogP contribution in [0.5, 0.6) is 0 Å². The molecule has 2 saturated heterocycles. The smallest absolute Gasteiger partial charge is 0.248 e. The summed E-state index contributed by atoms with van der Waals surface area (Å²) in [6, 6.07) is -2.23. The molecule has 0 aliphatic carbocycles. The van der Waals surface area contributed by atoms with Gasteiger partial charge in [-0.05, 0) is 126 Å². The van der Waals surface area contributed by atoms with Crippen LogP contribution in [0.2, 0.25) is 0 Å². The van der Waals surface area contributed by atoms with E-state index in [0.29, 0.717) is 43.5 Å². The lowest BCUT2D eigenvalue weighted by Crippen LogP contribution is -2.63. The third-order valence-corrected chi connectivity index (χ3v) is 23.1. The number of amides is 15. The third kappa shape index (κ3) is 28.8. The van der Waals surface area contributed by atoms with Crippen LogP contribution in [0.1, 0.15) is 186 Å². The second kappa shape index (κ2) is 47.4. The van der Waals surface area contributed by atoms with Crippen LogP contribution in [-0.4, -0.2) is 310 Å². The highest BCUT2D eigenvalue weighted by Gasteiger charge is 2.46. The molecule has 0 radical (unpaired) electrons. The fraction of sp³-hybridized carbons (Fsp3) is 0.690. The summed E-state index contributed by atoms with van der Waals surface area (Å²) in [5, 5.41) is 38.3. The molecule has 4 rings (SSSR count). The number of hydrogen-bond acceptors (Lipinski definition) is 17. The number of carbonyl (C=O) groups excluding carboxylic acids is 15. The summed E-state index contributed by atoms with van der Waals surface area (Å²) >= 11 is 0. The molecule has 16 atom stereocenters. The van der Waals surface area contributed by atoms with E-state index in [0.717, 1.165) is 21.1 Å². The molecule has 32 nitrogen and oxygen atoms in total. The minimum absolute atomic E-state index is 0.0400. The maximum atomic E-state index is 15.4. The van der Waals surface area contributed by atoms with Crippen LogP contribution in [-0.2, 0) is 84.8 Å². The van der Waals surface area contributed by atoms with Gasteiger partial charge in [0, 0.05) is 82.3 Å². The molecule has 32 heteroatoms. The van der Waals surface area contributed by atoms with Crippen LogP contribution < -0.4 is 31.9 Å². The quantitative estimate of drug-likeness (QED) is 0.100. The Bertz CT molecular complexity index is 3760. The van der Waals surface area contributed by atoms with E-state index in [2.05, 4.69) is 31.9 Å². The Kier molecular flexibility index (Phi) is 40.5. The lowest BCUT2D eigenvalue weighted by Gasteiger charge is -2.38. The fourth-order valence-corrected chi connectivity index (χ4v) is 14.9.